The first kappa shape index (κ1) is 28.5. The Bertz CT molecular complexity index is 961. The summed E-state index contributed by atoms with van der Waals surface area (Å²) in [6.07, 6.45) is 7.89. The van der Waals surface area contributed by atoms with Crippen LogP contribution in [0, 0.1) is 13.8 Å². The maximum absolute atomic E-state index is 6.29. The Morgan fingerprint density at radius 2 is 1.76 bits per heavy atom. The molecule has 2 aromatic rings. The highest BCUT2D eigenvalue weighted by molar-refractivity contribution is 7.48. The van der Waals surface area contributed by atoms with Crippen LogP contribution in [0.15, 0.2) is 35.3 Å². The summed E-state index contributed by atoms with van der Waals surface area (Å²) in [5.74, 6) is 0.999. The smallest absolute Gasteiger partial charge is 0.188 e. The summed E-state index contributed by atoms with van der Waals surface area (Å²) in [6.45, 7) is 16.1. The fraction of sp³-hybridized carbons (Fsp3) is 0.567. The molecule has 0 aliphatic rings. The van der Waals surface area contributed by atoms with E-state index in [-0.39, 0.29) is 17.4 Å². The molecule has 2 rings (SSSR count). The van der Waals surface area contributed by atoms with Gasteiger partial charge in [0, 0.05) is 31.1 Å². The van der Waals surface area contributed by atoms with E-state index in [0.29, 0.717) is 8.58 Å². The summed E-state index contributed by atoms with van der Waals surface area (Å²) < 4.78 is 11.6. The number of rotatable bonds is 12. The zero-order valence-electron chi connectivity index (χ0n) is 23.0. The minimum Gasteiger partial charge on any atom is -0.467 e. The number of aryl methyl sites for hydroxylation is 2. The minimum absolute atomic E-state index is 0.00411. The maximum Gasteiger partial charge on any atom is 0.188 e. The van der Waals surface area contributed by atoms with Crippen LogP contribution in [0.1, 0.15) is 94.5 Å². The Morgan fingerprint density at radius 1 is 1.03 bits per heavy atom. The molecule has 34 heavy (non-hydrogen) atoms. The number of ether oxygens (including phenoxy) is 2. The molecule has 0 aliphatic heterocycles. The third-order valence-corrected chi connectivity index (χ3v) is 8.71. The van der Waals surface area contributed by atoms with Crippen LogP contribution in [0.2, 0.25) is 0 Å². The first-order chi connectivity index (χ1) is 16.1. The third kappa shape index (κ3) is 7.15. The predicted molar refractivity (Wildman–Crippen MR) is 151 cm³/mol. The lowest BCUT2D eigenvalue weighted by Crippen LogP contribution is -2.26. The number of methoxy groups -OCH3 is 1. The molecule has 0 fully saturated rings. The lowest BCUT2D eigenvalue weighted by atomic mass is 9.80. The molecule has 0 saturated carbocycles. The van der Waals surface area contributed by atoms with Gasteiger partial charge in [0.05, 0.1) is 0 Å². The maximum atomic E-state index is 6.29. The largest absolute Gasteiger partial charge is 0.467 e. The van der Waals surface area contributed by atoms with E-state index in [1.54, 1.807) is 7.11 Å². The monoisotopic (exact) mass is 483 g/mol. The standard InChI is InChI=1S/C30H46NO2P/c1-10-12-13-16-30(11-2,34-27-15-14-22(3)17-24(27)20-31-8)26-19-25(29(5,6)7)18-23(4)28(26)33-21-32-9/h14-15,17-20,34H,10-13,16,21H2,1-9H3/b31-20+. The van der Waals surface area contributed by atoms with Crippen molar-refractivity contribution in [2.75, 3.05) is 21.0 Å². The van der Waals surface area contributed by atoms with Crippen molar-refractivity contribution < 1.29 is 9.47 Å². The molecule has 0 aromatic heterocycles. The zero-order chi connectivity index (χ0) is 25.4. The van der Waals surface area contributed by atoms with Crippen molar-refractivity contribution in [1.29, 1.82) is 0 Å². The summed E-state index contributed by atoms with van der Waals surface area (Å²) in [6, 6.07) is 11.5. The summed E-state index contributed by atoms with van der Waals surface area (Å²) in [5.41, 5.74) is 6.46. The molecule has 4 heteroatoms. The average molecular weight is 484 g/mol. The number of nitrogens with zero attached hydrogens (tertiary/aromatic N) is 1. The summed E-state index contributed by atoms with van der Waals surface area (Å²) >= 11 is 0. The quantitative estimate of drug-likeness (QED) is 0.133. The molecule has 0 amide bonds. The van der Waals surface area contributed by atoms with E-state index >= 15 is 0 Å². The second-order valence-corrected chi connectivity index (χ2v) is 12.2. The first-order valence-corrected chi connectivity index (χ1v) is 13.7. The van der Waals surface area contributed by atoms with Crippen LogP contribution in [-0.2, 0) is 15.3 Å². The predicted octanol–water partition coefficient (Wildman–Crippen LogP) is 7.82. The van der Waals surface area contributed by atoms with Crippen molar-refractivity contribution in [3.63, 3.8) is 0 Å². The van der Waals surface area contributed by atoms with Gasteiger partial charge in [-0.05, 0) is 60.2 Å². The van der Waals surface area contributed by atoms with E-state index in [9.17, 15) is 0 Å². The van der Waals surface area contributed by atoms with Gasteiger partial charge in [-0.2, -0.15) is 0 Å². The van der Waals surface area contributed by atoms with Crippen LogP contribution >= 0.6 is 8.58 Å². The Kier molecular flexibility index (Phi) is 10.8. The molecule has 2 atom stereocenters. The molecule has 2 aromatic carbocycles. The highest BCUT2D eigenvalue weighted by Gasteiger charge is 2.36. The Balaban J connectivity index is 2.78. The van der Waals surface area contributed by atoms with Gasteiger partial charge >= 0.3 is 0 Å². The minimum atomic E-state index is -0.00411. The molecular formula is C30H46NO2P. The third-order valence-electron chi connectivity index (χ3n) is 6.64. The second-order valence-electron chi connectivity index (χ2n) is 10.5. The molecule has 2 unspecified atom stereocenters. The van der Waals surface area contributed by atoms with Crippen molar-refractivity contribution in [3.8, 4) is 5.75 Å². The van der Waals surface area contributed by atoms with Crippen LogP contribution in [-0.4, -0.2) is 27.2 Å². The van der Waals surface area contributed by atoms with Crippen LogP contribution in [0.3, 0.4) is 0 Å². The van der Waals surface area contributed by atoms with E-state index in [1.807, 2.05) is 13.3 Å². The molecule has 0 aliphatic carbocycles. The highest BCUT2D eigenvalue weighted by atomic mass is 31.1. The van der Waals surface area contributed by atoms with Crippen LogP contribution in [0.4, 0.5) is 0 Å². The van der Waals surface area contributed by atoms with Gasteiger partial charge in [0.15, 0.2) is 6.79 Å². The number of unbranched alkanes of at least 4 members (excludes halogenated alkanes) is 2. The van der Waals surface area contributed by atoms with Crippen molar-refractivity contribution >= 4 is 20.1 Å². The lowest BCUT2D eigenvalue weighted by Gasteiger charge is -2.37. The fourth-order valence-electron chi connectivity index (χ4n) is 4.57. The number of benzene rings is 2. The summed E-state index contributed by atoms with van der Waals surface area (Å²) in [5, 5.41) is 1.38. The number of hydrogen-bond acceptors (Lipinski definition) is 3. The molecule has 0 bridgehead atoms. The topological polar surface area (TPSA) is 30.8 Å². The normalized spacial score (nSPS) is 14.3. The van der Waals surface area contributed by atoms with Gasteiger partial charge in [-0.3, -0.25) is 4.99 Å². The second kappa shape index (κ2) is 12.8. The molecule has 0 heterocycles. The Labute approximate surface area is 210 Å². The van der Waals surface area contributed by atoms with Crippen molar-refractivity contribution in [2.45, 2.75) is 91.1 Å². The number of hydrogen-bond donors (Lipinski definition) is 0. The van der Waals surface area contributed by atoms with Crippen LogP contribution in [0.5, 0.6) is 5.75 Å². The van der Waals surface area contributed by atoms with Gasteiger partial charge < -0.3 is 9.47 Å². The molecular weight excluding hydrogens is 437 g/mol. The van der Waals surface area contributed by atoms with E-state index in [2.05, 4.69) is 83.8 Å². The van der Waals surface area contributed by atoms with E-state index < -0.39 is 0 Å². The summed E-state index contributed by atoms with van der Waals surface area (Å²) in [7, 11) is 4.17. The van der Waals surface area contributed by atoms with Crippen LogP contribution < -0.4 is 10.0 Å². The SMILES string of the molecule is CCCCCC(CC)(Pc1ccc(C)cc1/C=N/C)c1cc(C(C)(C)C)cc(C)c1OCOC. The van der Waals surface area contributed by atoms with Gasteiger partial charge in [-0.1, -0.05) is 92.3 Å². The van der Waals surface area contributed by atoms with E-state index in [4.69, 9.17) is 9.47 Å². The molecule has 0 saturated heterocycles. The van der Waals surface area contributed by atoms with Crippen molar-refractivity contribution in [3.05, 3.63) is 58.1 Å². The van der Waals surface area contributed by atoms with Crippen molar-refractivity contribution in [1.82, 2.24) is 0 Å². The summed E-state index contributed by atoms with van der Waals surface area (Å²) in [4.78, 5) is 4.37. The van der Waals surface area contributed by atoms with Gasteiger partial charge in [-0.25, -0.2) is 0 Å². The number of aliphatic imine (C=N–C) groups is 1. The van der Waals surface area contributed by atoms with Gasteiger partial charge in [0.1, 0.15) is 5.75 Å². The Morgan fingerprint density at radius 3 is 2.35 bits per heavy atom. The molecule has 0 radical (unpaired) electrons. The van der Waals surface area contributed by atoms with Gasteiger partial charge in [0.2, 0.25) is 0 Å². The molecule has 188 valence electrons. The van der Waals surface area contributed by atoms with E-state index in [1.165, 1.54) is 52.4 Å². The van der Waals surface area contributed by atoms with Gasteiger partial charge in [-0.15, -0.1) is 0 Å². The molecule has 0 N–H and O–H groups in total. The molecule has 0 spiro atoms. The lowest BCUT2D eigenvalue weighted by molar-refractivity contribution is 0.0493. The zero-order valence-corrected chi connectivity index (χ0v) is 24.0. The average Bonchev–Trinajstić information content (AvgIpc) is 2.78. The highest BCUT2D eigenvalue weighted by Crippen LogP contribution is 2.53. The van der Waals surface area contributed by atoms with Gasteiger partial charge in [0.25, 0.3) is 0 Å². The van der Waals surface area contributed by atoms with E-state index in [0.717, 1.165) is 18.6 Å². The first-order valence-electron chi connectivity index (χ1n) is 12.7. The van der Waals surface area contributed by atoms with Crippen LogP contribution in [0.25, 0.3) is 0 Å². The fourth-order valence-corrected chi connectivity index (χ4v) is 6.33. The van der Waals surface area contributed by atoms with Crippen molar-refractivity contribution in [2.24, 2.45) is 4.99 Å². The molecule has 3 nitrogen and oxygen atoms in total. The Hall–Kier alpha value is -1.70.